The highest BCUT2D eigenvalue weighted by atomic mass is 16.5. The van der Waals surface area contributed by atoms with Crippen LogP contribution in [0.3, 0.4) is 0 Å². The van der Waals surface area contributed by atoms with E-state index in [0.717, 1.165) is 50.8 Å². The van der Waals surface area contributed by atoms with Crippen molar-refractivity contribution in [1.82, 2.24) is 0 Å². The average molecular weight is 778 g/mol. The minimum Gasteiger partial charge on any atom is -0.457 e. The summed E-state index contributed by atoms with van der Waals surface area (Å²) >= 11 is 0. The highest BCUT2D eigenvalue weighted by Crippen LogP contribution is 2.63. The molecule has 2 heteroatoms. The number of fused-ring (bicyclic) bond motifs is 10. The molecule has 0 aromatic heterocycles. The molecule has 0 bridgehead atoms. The second-order valence-corrected chi connectivity index (χ2v) is 16.0. The van der Waals surface area contributed by atoms with Crippen molar-refractivity contribution >= 4 is 27.8 Å². The van der Waals surface area contributed by atoms with E-state index in [-0.39, 0.29) is 0 Å². The first-order chi connectivity index (χ1) is 30.2. The molecule has 1 aliphatic heterocycles. The summed E-state index contributed by atoms with van der Waals surface area (Å²) in [5.74, 6) is 1.74. The van der Waals surface area contributed by atoms with Gasteiger partial charge in [-0.05, 0) is 121 Å². The van der Waals surface area contributed by atoms with Crippen LogP contribution in [0, 0.1) is 0 Å². The quantitative estimate of drug-likeness (QED) is 0.167. The van der Waals surface area contributed by atoms with Gasteiger partial charge in [0.05, 0.1) is 5.41 Å². The molecular formula is C59H39NO. The van der Waals surface area contributed by atoms with E-state index in [0.29, 0.717) is 0 Å². The predicted molar refractivity (Wildman–Crippen MR) is 252 cm³/mol. The van der Waals surface area contributed by atoms with Crippen molar-refractivity contribution in [3.05, 3.63) is 259 Å². The van der Waals surface area contributed by atoms with Gasteiger partial charge in [-0.15, -0.1) is 0 Å². The first-order valence-corrected chi connectivity index (χ1v) is 21.0. The molecule has 2 aliphatic rings. The van der Waals surface area contributed by atoms with E-state index in [2.05, 4.69) is 241 Å². The zero-order valence-electron chi connectivity index (χ0n) is 33.4. The maximum atomic E-state index is 7.04. The number of hydrogen-bond donors (Lipinski definition) is 0. The molecule has 1 aliphatic carbocycles. The SMILES string of the molecule is c1ccc(-c2ccc(N(c3ccc4c(c3)C3(c5ccccc5Oc5cc(-c6ccccc6)c(-c6ccccc6)cc53)c3ccccc3-4)c3ccc4ccccc4c3)cc2)cc1. The third-order valence-corrected chi connectivity index (χ3v) is 12.7. The summed E-state index contributed by atoms with van der Waals surface area (Å²) < 4.78 is 7.04. The van der Waals surface area contributed by atoms with Crippen molar-refractivity contribution in [3.8, 4) is 56.0 Å². The van der Waals surface area contributed by atoms with Gasteiger partial charge in [0.1, 0.15) is 11.5 Å². The Labute approximate surface area is 356 Å². The van der Waals surface area contributed by atoms with Crippen molar-refractivity contribution < 1.29 is 4.74 Å². The summed E-state index contributed by atoms with van der Waals surface area (Å²) in [7, 11) is 0. The van der Waals surface area contributed by atoms with Gasteiger partial charge in [0.2, 0.25) is 0 Å². The van der Waals surface area contributed by atoms with E-state index in [1.54, 1.807) is 0 Å². The summed E-state index contributed by atoms with van der Waals surface area (Å²) in [6, 6.07) is 85.9. The molecule has 1 atom stereocenters. The lowest BCUT2D eigenvalue weighted by molar-refractivity contribution is 0.436. The van der Waals surface area contributed by atoms with Gasteiger partial charge in [0, 0.05) is 28.2 Å². The molecule has 10 aromatic carbocycles. The Morgan fingerprint density at radius 1 is 0.279 bits per heavy atom. The Bertz CT molecular complexity index is 3270. The molecule has 0 radical (unpaired) electrons. The van der Waals surface area contributed by atoms with Gasteiger partial charge in [-0.25, -0.2) is 0 Å². The van der Waals surface area contributed by atoms with Crippen molar-refractivity contribution in [2.75, 3.05) is 4.90 Å². The third-order valence-electron chi connectivity index (χ3n) is 12.7. The molecule has 1 heterocycles. The number of rotatable bonds is 6. The molecule has 1 spiro atoms. The maximum Gasteiger partial charge on any atom is 0.132 e. The van der Waals surface area contributed by atoms with Crippen molar-refractivity contribution in [2.45, 2.75) is 5.41 Å². The largest absolute Gasteiger partial charge is 0.457 e. The number of benzene rings is 10. The fourth-order valence-electron chi connectivity index (χ4n) is 9.98. The lowest BCUT2D eigenvalue weighted by atomic mass is 9.65. The van der Waals surface area contributed by atoms with Crippen LogP contribution in [0.4, 0.5) is 17.1 Å². The highest BCUT2D eigenvalue weighted by molar-refractivity contribution is 5.95. The molecule has 12 rings (SSSR count). The van der Waals surface area contributed by atoms with Gasteiger partial charge in [0.15, 0.2) is 0 Å². The molecular weight excluding hydrogens is 739 g/mol. The smallest absolute Gasteiger partial charge is 0.132 e. The van der Waals surface area contributed by atoms with E-state index >= 15 is 0 Å². The van der Waals surface area contributed by atoms with Crippen LogP contribution in [-0.4, -0.2) is 0 Å². The van der Waals surface area contributed by atoms with Gasteiger partial charge < -0.3 is 9.64 Å². The standard InChI is InChI=1S/C59H39NO/c1-4-16-40(17-5-1)42-28-31-46(32-29-42)60(47-33-30-41-18-10-11-23-45(41)36-47)48-34-35-50-49-24-12-13-25-53(49)59(55(50)37-48)54-26-14-15-27-57(54)61-58-39-52(44-21-8-3-9-22-44)51(38-56(58)59)43-19-6-2-7-20-43/h1-39H. The van der Waals surface area contributed by atoms with E-state index in [1.165, 1.54) is 55.3 Å². The van der Waals surface area contributed by atoms with Crippen LogP contribution < -0.4 is 9.64 Å². The van der Waals surface area contributed by atoms with Gasteiger partial charge in [0.25, 0.3) is 0 Å². The summed E-state index contributed by atoms with van der Waals surface area (Å²) in [5, 5.41) is 2.42. The Balaban J connectivity index is 1.13. The topological polar surface area (TPSA) is 12.5 Å². The van der Waals surface area contributed by atoms with Crippen molar-refractivity contribution in [1.29, 1.82) is 0 Å². The number of ether oxygens (including phenoxy) is 1. The van der Waals surface area contributed by atoms with Crippen molar-refractivity contribution in [2.24, 2.45) is 0 Å². The average Bonchev–Trinajstić information content (AvgIpc) is 3.62. The second-order valence-electron chi connectivity index (χ2n) is 16.0. The molecule has 0 N–H and O–H groups in total. The first kappa shape index (κ1) is 35.0. The van der Waals surface area contributed by atoms with Crippen LogP contribution in [0.15, 0.2) is 237 Å². The fraction of sp³-hybridized carbons (Fsp3) is 0.0169. The van der Waals surface area contributed by atoms with E-state index < -0.39 is 5.41 Å². The molecule has 0 fully saturated rings. The van der Waals surface area contributed by atoms with Crippen LogP contribution in [0.5, 0.6) is 11.5 Å². The molecule has 2 nitrogen and oxygen atoms in total. The fourth-order valence-corrected chi connectivity index (χ4v) is 9.98. The van der Waals surface area contributed by atoms with Crippen LogP contribution >= 0.6 is 0 Å². The van der Waals surface area contributed by atoms with Crippen LogP contribution in [0.25, 0.3) is 55.3 Å². The minimum absolute atomic E-state index is 0.670. The molecule has 286 valence electrons. The first-order valence-electron chi connectivity index (χ1n) is 21.0. The van der Waals surface area contributed by atoms with Crippen LogP contribution in [0.2, 0.25) is 0 Å². The van der Waals surface area contributed by atoms with Crippen molar-refractivity contribution in [3.63, 3.8) is 0 Å². The van der Waals surface area contributed by atoms with Crippen LogP contribution in [-0.2, 0) is 5.41 Å². The normalized spacial score (nSPS) is 14.4. The van der Waals surface area contributed by atoms with Gasteiger partial charge in [-0.3, -0.25) is 0 Å². The predicted octanol–water partition coefficient (Wildman–Crippen LogP) is 15.8. The third kappa shape index (κ3) is 5.57. The maximum absolute atomic E-state index is 7.04. The van der Waals surface area contributed by atoms with Gasteiger partial charge in [-0.1, -0.05) is 182 Å². The Kier molecular flexibility index (Phi) is 8.11. The monoisotopic (exact) mass is 777 g/mol. The van der Waals surface area contributed by atoms with E-state index in [4.69, 9.17) is 4.74 Å². The van der Waals surface area contributed by atoms with Gasteiger partial charge in [-0.2, -0.15) is 0 Å². The number of nitrogens with zero attached hydrogens (tertiary/aromatic N) is 1. The number of para-hydroxylation sites is 1. The zero-order valence-corrected chi connectivity index (χ0v) is 33.4. The molecule has 61 heavy (non-hydrogen) atoms. The van der Waals surface area contributed by atoms with Crippen LogP contribution in [0.1, 0.15) is 22.3 Å². The summed E-state index contributed by atoms with van der Waals surface area (Å²) in [6.45, 7) is 0. The lowest BCUT2D eigenvalue weighted by Crippen LogP contribution is -2.32. The summed E-state index contributed by atoms with van der Waals surface area (Å²) in [5.41, 5.74) is 16.9. The lowest BCUT2D eigenvalue weighted by Gasteiger charge is -2.40. The van der Waals surface area contributed by atoms with Gasteiger partial charge >= 0.3 is 0 Å². The number of anilines is 3. The highest BCUT2D eigenvalue weighted by Gasteiger charge is 2.51. The molecule has 0 saturated heterocycles. The molecule has 0 saturated carbocycles. The molecule has 1 unspecified atom stereocenters. The zero-order chi connectivity index (χ0) is 40.3. The Morgan fingerprint density at radius 2 is 0.803 bits per heavy atom. The second kappa shape index (κ2) is 14.1. The number of hydrogen-bond acceptors (Lipinski definition) is 2. The minimum atomic E-state index is -0.670. The van der Waals surface area contributed by atoms with E-state index in [1.807, 2.05) is 0 Å². The Morgan fingerprint density at radius 3 is 1.54 bits per heavy atom. The summed E-state index contributed by atoms with van der Waals surface area (Å²) in [6.07, 6.45) is 0. The Hall–Kier alpha value is -7.94. The van der Waals surface area contributed by atoms with E-state index in [9.17, 15) is 0 Å². The molecule has 10 aromatic rings. The summed E-state index contributed by atoms with van der Waals surface area (Å²) in [4.78, 5) is 2.41. The molecule has 0 amide bonds.